The maximum atomic E-state index is 15.8. The third-order valence-corrected chi connectivity index (χ3v) is 8.42. The number of amides is 1. The van der Waals surface area contributed by atoms with Gasteiger partial charge < -0.3 is 25.3 Å². The molecule has 212 valence electrons. The Morgan fingerprint density at radius 2 is 1.90 bits per heavy atom. The monoisotopic (exact) mass is 582 g/mol. The van der Waals surface area contributed by atoms with Gasteiger partial charge in [-0.05, 0) is 49.3 Å². The molecule has 1 saturated heterocycles. The first-order chi connectivity index (χ1) is 18.1. The fourth-order valence-electron chi connectivity index (χ4n) is 6.21. The van der Waals surface area contributed by atoms with E-state index in [1.54, 1.807) is 13.0 Å². The van der Waals surface area contributed by atoms with Gasteiger partial charge in [0.2, 0.25) is 5.91 Å². The number of hydrogen-bond donors (Lipinski definition) is 3. The predicted molar refractivity (Wildman–Crippen MR) is 146 cm³/mol. The van der Waals surface area contributed by atoms with Crippen LogP contribution < -0.4 is 15.4 Å². The highest BCUT2D eigenvalue weighted by atomic mass is 35.5. The fraction of sp³-hybridized carbons (Fsp3) is 0.517. The Morgan fingerprint density at radius 1 is 1.23 bits per heavy atom. The van der Waals surface area contributed by atoms with Crippen LogP contribution in [0.2, 0.25) is 10.0 Å². The van der Waals surface area contributed by atoms with Gasteiger partial charge in [0.05, 0.1) is 34.2 Å². The summed E-state index contributed by atoms with van der Waals surface area (Å²) < 4.78 is 36.3. The minimum atomic E-state index is -1.65. The number of carbonyl (C=O) groups excluding carboxylic acids is 2. The van der Waals surface area contributed by atoms with Crippen LogP contribution in [0.25, 0.3) is 0 Å². The molecule has 1 saturated carbocycles. The molecule has 10 heteroatoms. The molecule has 2 fully saturated rings. The van der Waals surface area contributed by atoms with E-state index >= 15 is 8.78 Å². The molecule has 3 N–H and O–H groups in total. The number of rotatable bonds is 7. The normalized spacial score (nSPS) is 30.5. The first-order valence-corrected chi connectivity index (χ1v) is 13.6. The molecular formula is C29H34Cl2F2N2O4. The summed E-state index contributed by atoms with van der Waals surface area (Å²) in [6.45, 7) is 7.61. The molecule has 0 aromatic heterocycles. The lowest BCUT2D eigenvalue weighted by molar-refractivity contribution is -0.127. The lowest BCUT2D eigenvalue weighted by Gasteiger charge is -2.42. The highest BCUT2D eigenvalue weighted by Gasteiger charge is 2.61. The molecule has 2 aromatic carbocycles. The zero-order valence-electron chi connectivity index (χ0n) is 22.6. The number of hydrogen-bond acceptors (Lipinski definition) is 5. The van der Waals surface area contributed by atoms with Crippen LogP contribution >= 0.6 is 23.2 Å². The topological polar surface area (TPSA) is 87.7 Å². The molecule has 1 heterocycles. The van der Waals surface area contributed by atoms with Crippen molar-refractivity contribution in [2.75, 3.05) is 7.11 Å². The van der Waals surface area contributed by atoms with Crippen molar-refractivity contribution in [3.63, 3.8) is 0 Å². The first-order valence-electron chi connectivity index (χ1n) is 12.9. The second-order valence-electron chi connectivity index (χ2n) is 12.2. The van der Waals surface area contributed by atoms with Crippen molar-refractivity contribution in [1.82, 2.24) is 10.6 Å². The van der Waals surface area contributed by atoms with E-state index in [9.17, 15) is 14.7 Å². The average Bonchev–Trinajstić information content (AvgIpc) is 3.14. The average molecular weight is 584 g/mol. The molecule has 6 nitrogen and oxygen atoms in total. The molecule has 4 rings (SSSR count). The zero-order chi connectivity index (χ0) is 28.9. The van der Waals surface area contributed by atoms with E-state index < -0.39 is 46.6 Å². The molecule has 0 bridgehead atoms. The molecule has 4 atom stereocenters. The zero-order valence-corrected chi connectivity index (χ0v) is 24.1. The van der Waals surface area contributed by atoms with Gasteiger partial charge in [0.1, 0.15) is 23.7 Å². The van der Waals surface area contributed by atoms with E-state index in [-0.39, 0.29) is 38.4 Å². The minimum absolute atomic E-state index is 0.0386. The number of aliphatic hydroxyl groups is 1. The Hall–Kier alpha value is -2.26. The number of nitrogens with one attached hydrogen (secondary N) is 2. The largest absolute Gasteiger partial charge is 0.496 e. The van der Waals surface area contributed by atoms with Crippen LogP contribution in [0.3, 0.4) is 0 Å². The summed E-state index contributed by atoms with van der Waals surface area (Å²) in [6.07, 6.45) is 1.76. The second-order valence-corrected chi connectivity index (χ2v) is 13.0. The van der Waals surface area contributed by atoms with Crippen molar-refractivity contribution in [1.29, 1.82) is 0 Å². The molecular weight excluding hydrogens is 549 g/mol. The molecule has 0 unspecified atom stereocenters. The smallest absolute Gasteiger partial charge is 0.238 e. The summed E-state index contributed by atoms with van der Waals surface area (Å²) in [6, 6.07) is 4.72. The summed E-state index contributed by atoms with van der Waals surface area (Å²) in [5.74, 6) is -3.01. The first kappa shape index (κ1) is 29.7. The van der Waals surface area contributed by atoms with Crippen LogP contribution in [-0.2, 0) is 15.0 Å². The van der Waals surface area contributed by atoms with Gasteiger partial charge in [-0.1, -0.05) is 56.1 Å². The number of halogens is 4. The van der Waals surface area contributed by atoms with E-state index in [1.807, 2.05) is 20.8 Å². The van der Waals surface area contributed by atoms with E-state index in [2.05, 4.69) is 10.6 Å². The van der Waals surface area contributed by atoms with Gasteiger partial charge in [-0.15, -0.1) is 0 Å². The van der Waals surface area contributed by atoms with Crippen LogP contribution in [-0.4, -0.2) is 48.1 Å². The fourth-order valence-corrected chi connectivity index (χ4v) is 6.55. The quantitative estimate of drug-likeness (QED) is 0.385. The van der Waals surface area contributed by atoms with Gasteiger partial charge in [0, 0.05) is 29.6 Å². The van der Waals surface area contributed by atoms with Crippen LogP contribution in [0.1, 0.15) is 64.0 Å². The van der Waals surface area contributed by atoms with Crippen molar-refractivity contribution in [3.05, 3.63) is 63.1 Å². The van der Waals surface area contributed by atoms with Crippen molar-refractivity contribution in [3.8, 4) is 5.75 Å². The lowest BCUT2D eigenvalue weighted by atomic mass is 9.62. The molecule has 2 aliphatic rings. The highest BCUT2D eigenvalue weighted by molar-refractivity contribution is 6.31. The van der Waals surface area contributed by atoms with Gasteiger partial charge in [0.25, 0.3) is 0 Å². The van der Waals surface area contributed by atoms with Crippen molar-refractivity contribution >= 4 is 35.4 Å². The maximum Gasteiger partial charge on any atom is 0.238 e. The summed E-state index contributed by atoms with van der Waals surface area (Å²) in [5, 5.41) is 16.0. The Balaban J connectivity index is 1.96. The summed E-state index contributed by atoms with van der Waals surface area (Å²) >= 11 is 12.2. The molecule has 1 aliphatic carbocycles. The molecule has 39 heavy (non-hydrogen) atoms. The van der Waals surface area contributed by atoms with Crippen molar-refractivity contribution in [2.45, 2.75) is 82.0 Å². The van der Waals surface area contributed by atoms with E-state index in [1.165, 1.54) is 25.3 Å². The molecule has 0 radical (unpaired) electrons. The van der Waals surface area contributed by atoms with Gasteiger partial charge in [-0.3, -0.25) is 4.79 Å². The van der Waals surface area contributed by atoms with Crippen molar-refractivity contribution in [2.24, 2.45) is 5.41 Å². The van der Waals surface area contributed by atoms with Gasteiger partial charge in [-0.2, -0.15) is 0 Å². The number of ether oxygens (including phenoxy) is 1. The van der Waals surface area contributed by atoms with Crippen molar-refractivity contribution < 1.29 is 28.2 Å². The Bertz CT molecular complexity index is 1270. The second kappa shape index (κ2) is 10.6. The SMILES string of the molecule is COc1cc(Cl)c(F)cc1[C@]1(C=O)[C@@H](CC(C)(C)C)N[C@@H](C(=O)NC2CC(C)(O)C2)[C@@H]1c1cccc(Cl)c1F. The van der Waals surface area contributed by atoms with Crippen LogP contribution in [0.15, 0.2) is 30.3 Å². The number of methoxy groups -OCH3 is 1. The third kappa shape index (κ3) is 5.53. The molecule has 0 spiro atoms. The van der Waals surface area contributed by atoms with Gasteiger partial charge >= 0.3 is 0 Å². The summed E-state index contributed by atoms with van der Waals surface area (Å²) in [4.78, 5) is 27.2. The standard InChI is InChI=1S/C29H34Cl2F2N2O4/c1-27(2,3)13-22-29(14-36,17-9-20(32)19(31)10-21(17)39-5)23(16-7-6-8-18(30)24(16)33)25(35-22)26(37)34-15-11-28(4,38)12-15/h6-10,14-15,22-23,25,35,38H,11-13H2,1-5H3,(H,34,37)/t15?,22-,23+,25-,28?,29-/m1/s1. The lowest BCUT2D eigenvalue weighted by Crippen LogP contribution is -2.57. The number of benzene rings is 2. The van der Waals surface area contributed by atoms with Gasteiger partial charge in [-0.25, -0.2) is 8.78 Å². The minimum Gasteiger partial charge on any atom is -0.496 e. The summed E-state index contributed by atoms with van der Waals surface area (Å²) in [7, 11) is 1.37. The number of carbonyl (C=O) groups is 2. The maximum absolute atomic E-state index is 15.8. The molecule has 2 aromatic rings. The van der Waals surface area contributed by atoms with Crippen LogP contribution in [0.4, 0.5) is 8.78 Å². The predicted octanol–water partition coefficient (Wildman–Crippen LogP) is 5.31. The van der Waals surface area contributed by atoms with Gasteiger partial charge in [0.15, 0.2) is 0 Å². The van der Waals surface area contributed by atoms with Crippen LogP contribution in [0, 0.1) is 17.0 Å². The Morgan fingerprint density at radius 3 is 2.46 bits per heavy atom. The van der Waals surface area contributed by atoms with Crippen LogP contribution in [0.5, 0.6) is 5.75 Å². The van der Waals surface area contributed by atoms with E-state index in [4.69, 9.17) is 27.9 Å². The Kier molecular flexibility index (Phi) is 8.09. The molecule has 1 amide bonds. The highest BCUT2D eigenvalue weighted by Crippen LogP contribution is 2.54. The third-order valence-electron chi connectivity index (χ3n) is 7.84. The Labute approximate surface area is 237 Å². The van der Waals surface area contributed by atoms with E-state index in [0.29, 0.717) is 25.5 Å². The van der Waals surface area contributed by atoms with E-state index in [0.717, 1.165) is 6.07 Å². The number of aldehydes is 1. The summed E-state index contributed by atoms with van der Waals surface area (Å²) in [5.41, 5.74) is -2.69. The molecule has 1 aliphatic heterocycles.